The number of amides is 1. The van der Waals surface area contributed by atoms with Crippen LogP contribution < -0.4 is 5.32 Å². The molecular formula is C17H19FN2O3. The van der Waals surface area contributed by atoms with Crippen molar-refractivity contribution in [2.75, 3.05) is 6.61 Å². The number of carbonyl (C=O) groups is 2. The molecule has 0 unspecified atom stereocenters. The van der Waals surface area contributed by atoms with Gasteiger partial charge in [-0.15, -0.1) is 0 Å². The Morgan fingerprint density at radius 2 is 2.09 bits per heavy atom. The summed E-state index contributed by atoms with van der Waals surface area (Å²) in [5.41, 5.74) is 0.952. The van der Waals surface area contributed by atoms with Crippen LogP contribution in [0.25, 0.3) is 0 Å². The standard InChI is InChI=1S/C17H19FN2O3/c1-4-15(19-10-12(2)3)20-16(21)11-23-17(22)9-13-7-5-6-8-14(13)18/h4-8,10H,2,9,11H2,1,3H3,(H,20,21)/b15-4+,19-10-. The second-order valence-corrected chi connectivity index (χ2v) is 4.76. The van der Waals surface area contributed by atoms with Crippen molar-refractivity contribution in [1.29, 1.82) is 0 Å². The van der Waals surface area contributed by atoms with E-state index in [0.29, 0.717) is 5.82 Å². The fraction of sp³-hybridized carbons (Fsp3) is 0.235. The Kier molecular flexibility index (Phi) is 7.39. The van der Waals surface area contributed by atoms with Gasteiger partial charge < -0.3 is 10.1 Å². The van der Waals surface area contributed by atoms with E-state index in [1.165, 1.54) is 24.4 Å². The van der Waals surface area contributed by atoms with Crippen molar-refractivity contribution < 1.29 is 18.7 Å². The summed E-state index contributed by atoms with van der Waals surface area (Å²) in [6, 6.07) is 5.90. The van der Waals surface area contributed by atoms with Crippen LogP contribution in [0.3, 0.4) is 0 Å². The predicted molar refractivity (Wildman–Crippen MR) is 86.3 cm³/mol. The average Bonchev–Trinajstić information content (AvgIpc) is 2.51. The van der Waals surface area contributed by atoms with Gasteiger partial charge in [0.15, 0.2) is 6.61 Å². The van der Waals surface area contributed by atoms with Crippen LogP contribution in [-0.4, -0.2) is 24.7 Å². The number of nitrogens with zero attached hydrogens (tertiary/aromatic N) is 1. The van der Waals surface area contributed by atoms with E-state index in [2.05, 4.69) is 16.9 Å². The summed E-state index contributed by atoms with van der Waals surface area (Å²) in [4.78, 5) is 27.3. The van der Waals surface area contributed by atoms with Gasteiger partial charge in [0.1, 0.15) is 11.6 Å². The first-order valence-electron chi connectivity index (χ1n) is 6.97. The van der Waals surface area contributed by atoms with Crippen LogP contribution in [-0.2, 0) is 20.7 Å². The summed E-state index contributed by atoms with van der Waals surface area (Å²) in [7, 11) is 0. The van der Waals surface area contributed by atoms with E-state index >= 15 is 0 Å². The van der Waals surface area contributed by atoms with E-state index in [1.807, 2.05) is 0 Å². The molecule has 0 atom stereocenters. The number of nitrogens with one attached hydrogen (secondary N) is 1. The molecule has 0 aromatic heterocycles. The number of benzene rings is 1. The maximum atomic E-state index is 13.4. The minimum Gasteiger partial charge on any atom is -0.455 e. The maximum absolute atomic E-state index is 13.4. The Morgan fingerprint density at radius 1 is 1.39 bits per heavy atom. The molecule has 0 radical (unpaired) electrons. The highest BCUT2D eigenvalue weighted by molar-refractivity contribution is 5.83. The molecule has 0 spiro atoms. The second-order valence-electron chi connectivity index (χ2n) is 4.76. The number of ether oxygens (including phenoxy) is 1. The summed E-state index contributed by atoms with van der Waals surface area (Å²) in [5, 5.41) is 2.48. The molecule has 1 aromatic rings. The number of carbonyl (C=O) groups excluding carboxylic acids is 2. The highest BCUT2D eigenvalue weighted by Crippen LogP contribution is 2.07. The lowest BCUT2D eigenvalue weighted by atomic mass is 10.1. The van der Waals surface area contributed by atoms with E-state index in [0.717, 1.165) is 5.57 Å². The predicted octanol–water partition coefficient (Wildman–Crippen LogP) is 2.54. The maximum Gasteiger partial charge on any atom is 0.310 e. The molecule has 122 valence electrons. The zero-order chi connectivity index (χ0) is 17.2. The van der Waals surface area contributed by atoms with Crippen molar-refractivity contribution in [1.82, 2.24) is 5.32 Å². The smallest absolute Gasteiger partial charge is 0.310 e. The molecule has 0 fully saturated rings. The van der Waals surface area contributed by atoms with Crippen molar-refractivity contribution in [2.24, 2.45) is 4.99 Å². The monoisotopic (exact) mass is 318 g/mol. The first kappa shape index (κ1) is 18.3. The van der Waals surface area contributed by atoms with E-state index in [9.17, 15) is 14.0 Å². The summed E-state index contributed by atoms with van der Waals surface area (Å²) < 4.78 is 18.2. The molecule has 1 aromatic carbocycles. The van der Waals surface area contributed by atoms with Crippen LogP contribution in [0.15, 0.2) is 53.3 Å². The Hall–Kier alpha value is -2.76. The molecule has 1 rings (SSSR count). The van der Waals surface area contributed by atoms with Gasteiger partial charge in [-0.3, -0.25) is 9.59 Å². The number of allylic oxidation sites excluding steroid dienone is 2. The topological polar surface area (TPSA) is 67.8 Å². The van der Waals surface area contributed by atoms with Crippen LogP contribution in [0, 0.1) is 5.82 Å². The zero-order valence-electron chi connectivity index (χ0n) is 13.1. The lowest BCUT2D eigenvalue weighted by molar-refractivity contribution is -0.147. The normalized spacial score (nSPS) is 11.3. The van der Waals surface area contributed by atoms with Crippen molar-refractivity contribution in [2.45, 2.75) is 20.3 Å². The molecule has 0 saturated heterocycles. The number of hydrogen-bond acceptors (Lipinski definition) is 4. The molecular weight excluding hydrogens is 299 g/mol. The SMILES string of the molecule is C=C(C)/C=N\C(=C/C)NC(=O)COC(=O)Cc1ccccc1F. The number of aliphatic imine (C=N–C) groups is 1. The van der Waals surface area contributed by atoms with Crippen LogP contribution in [0.2, 0.25) is 0 Å². The van der Waals surface area contributed by atoms with Gasteiger partial charge in [-0.2, -0.15) is 0 Å². The fourth-order valence-corrected chi connectivity index (χ4v) is 1.53. The van der Waals surface area contributed by atoms with Crippen molar-refractivity contribution in [3.8, 4) is 0 Å². The van der Waals surface area contributed by atoms with Gasteiger partial charge in [0, 0.05) is 6.21 Å². The van der Waals surface area contributed by atoms with Crippen LogP contribution in [0.5, 0.6) is 0 Å². The Balaban J connectivity index is 2.45. The molecule has 0 saturated carbocycles. The van der Waals surface area contributed by atoms with Gasteiger partial charge in [0.05, 0.1) is 6.42 Å². The lowest BCUT2D eigenvalue weighted by Gasteiger charge is -2.07. The second kappa shape index (κ2) is 9.30. The first-order chi connectivity index (χ1) is 10.9. The molecule has 1 N–H and O–H groups in total. The highest BCUT2D eigenvalue weighted by atomic mass is 19.1. The molecule has 1 amide bonds. The van der Waals surface area contributed by atoms with Gasteiger partial charge in [0.2, 0.25) is 0 Å². The molecule has 23 heavy (non-hydrogen) atoms. The zero-order valence-corrected chi connectivity index (χ0v) is 13.1. The van der Waals surface area contributed by atoms with Gasteiger partial charge in [-0.05, 0) is 37.1 Å². The third-order valence-electron chi connectivity index (χ3n) is 2.62. The lowest BCUT2D eigenvalue weighted by Crippen LogP contribution is -2.28. The molecule has 0 aliphatic rings. The number of esters is 1. The van der Waals surface area contributed by atoms with Crippen molar-refractivity contribution in [3.63, 3.8) is 0 Å². The Morgan fingerprint density at radius 3 is 2.70 bits per heavy atom. The third kappa shape index (κ3) is 7.17. The van der Waals surface area contributed by atoms with Gasteiger partial charge in [-0.25, -0.2) is 9.38 Å². The average molecular weight is 318 g/mol. The quantitative estimate of drug-likeness (QED) is 0.620. The van der Waals surface area contributed by atoms with E-state index in [-0.39, 0.29) is 12.0 Å². The Bertz CT molecular complexity index is 651. The number of hydrogen-bond donors (Lipinski definition) is 1. The van der Waals surface area contributed by atoms with Gasteiger partial charge in [0.25, 0.3) is 5.91 Å². The Labute approximate surface area is 134 Å². The van der Waals surface area contributed by atoms with Gasteiger partial charge in [-0.1, -0.05) is 24.8 Å². The van der Waals surface area contributed by atoms with E-state index in [4.69, 9.17) is 4.74 Å². The summed E-state index contributed by atoms with van der Waals surface area (Å²) in [6.45, 7) is 6.66. The summed E-state index contributed by atoms with van der Waals surface area (Å²) in [6.07, 6.45) is 2.86. The molecule has 0 aliphatic heterocycles. The number of halogens is 1. The third-order valence-corrected chi connectivity index (χ3v) is 2.62. The largest absolute Gasteiger partial charge is 0.455 e. The van der Waals surface area contributed by atoms with Crippen molar-refractivity contribution >= 4 is 18.1 Å². The first-order valence-corrected chi connectivity index (χ1v) is 6.97. The van der Waals surface area contributed by atoms with Gasteiger partial charge >= 0.3 is 5.97 Å². The molecule has 6 heteroatoms. The molecule has 5 nitrogen and oxygen atoms in total. The minimum atomic E-state index is -0.683. The van der Waals surface area contributed by atoms with Crippen LogP contribution >= 0.6 is 0 Å². The fourth-order valence-electron chi connectivity index (χ4n) is 1.53. The van der Waals surface area contributed by atoms with E-state index < -0.39 is 24.3 Å². The van der Waals surface area contributed by atoms with Crippen LogP contribution in [0.4, 0.5) is 4.39 Å². The van der Waals surface area contributed by atoms with Crippen LogP contribution in [0.1, 0.15) is 19.4 Å². The van der Waals surface area contributed by atoms with Crippen molar-refractivity contribution in [3.05, 3.63) is 59.7 Å². The highest BCUT2D eigenvalue weighted by Gasteiger charge is 2.11. The summed E-state index contributed by atoms with van der Waals surface area (Å²) in [5.74, 6) is -1.38. The van der Waals surface area contributed by atoms with E-state index in [1.54, 1.807) is 26.0 Å². The molecule has 0 bridgehead atoms. The molecule has 0 heterocycles. The minimum absolute atomic E-state index is 0.220. The molecule has 0 aliphatic carbocycles. The number of rotatable bonds is 7. The summed E-state index contributed by atoms with van der Waals surface area (Å²) >= 11 is 0.